The van der Waals surface area contributed by atoms with Gasteiger partial charge in [-0.05, 0) is 12.8 Å². The SMILES string of the molecule is CN(C(=O)C1COCCO1)C1CCC2(CC1)OCCO2. The van der Waals surface area contributed by atoms with E-state index in [0.717, 1.165) is 25.7 Å². The number of amides is 1. The summed E-state index contributed by atoms with van der Waals surface area (Å²) in [5, 5.41) is 0. The molecule has 1 spiro atoms. The van der Waals surface area contributed by atoms with Crippen LogP contribution >= 0.6 is 0 Å². The Morgan fingerprint density at radius 3 is 2.40 bits per heavy atom. The van der Waals surface area contributed by atoms with Crippen LogP contribution in [0, 0.1) is 0 Å². The van der Waals surface area contributed by atoms with Crippen molar-refractivity contribution in [2.24, 2.45) is 0 Å². The summed E-state index contributed by atoms with van der Waals surface area (Å²) in [6.07, 6.45) is 3.10. The van der Waals surface area contributed by atoms with Crippen LogP contribution in [0.5, 0.6) is 0 Å². The molecular formula is C14H23NO5. The minimum atomic E-state index is -0.441. The molecule has 0 bridgehead atoms. The molecule has 20 heavy (non-hydrogen) atoms. The lowest BCUT2D eigenvalue weighted by atomic mass is 9.89. The number of likely N-dealkylation sites (N-methyl/N-ethyl adjacent to an activating group) is 1. The molecule has 0 aromatic heterocycles. The van der Waals surface area contributed by atoms with Gasteiger partial charge in [-0.1, -0.05) is 0 Å². The van der Waals surface area contributed by atoms with Crippen molar-refractivity contribution < 1.29 is 23.7 Å². The summed E-state index contributed by atoms with van der Waals surface area (Å²) in [5.74, 6) is -0.343. The Morgan fingerprint density at radius 2 is 1.80 bits per heavy atom. The van der Waals surface area contributed by atoms with Crippen molar-refractivity contribution in [1.29, 1.82) is 0 Å². The molecule has 6 nitrogen and oxygen atoms in total. The van der Waals surface area contributed by atoms with Gasteiger partial charge in [0.2, 0.25) is 0 Å². The molecule has 1 amide bonds. The third-order valence-electron chi connectivity index (χ3n) is 4.52. The van der Waals surface area contributed by atoms with Crippen LogP contribution in [-0.2, 0) is 23.7 Å². The van der Waals surface area contributed by atoms with Crippen molar-refractivity contribution in [2.45, 2.75) is 43.6 Å². The summed E-state index contributed by atoms with van der Waals surface area (Å²) in [5.41, 5.74) is 0. The smallest absolute Gasteiger partial charge is 0.254 e. The Bertz CT molecular complexity index is 339. The molecule has 114 valence electrons. The number of ether oxygens (including phenoxy) is 4. The summed E-state index contributed by atoms with van der Waals surface area (Å²) in [6.45, 7) is 2.82. The highest BCUT2D eigenvalue weighted by molar-refractivity contribution is 5.81. The van der Waals surface area contributed by atoms with Crippen LogP contribution in [0.15, 0.2) is 0 Å². The predicted octanol–water partition coefficient (Wildman–Crippen LogP) is 0.546. The fraction of sp³-hybridized carbons (Fsp3) is 0.929. The Kier molecular flexibility index (Phi) is 4.26. The summed E-state index contributed by atoms with van der Waals surface area (Å²) >= 11 is 0. The zero-order valence-corrected chi connectivity index (χ0v) is 12.0. The van der Waals surface area contributed by atoms with E-state index >= 15 is 0 Å². The zero-order chi connectivity index (χ0) is 14.0. The highest BCUT2D eigenvalue weighted by atomic mass is 16.7. The molecule has 1 aliphatic carbocycles. The van der Waals surface area contributed by atoms with E-state index in [1.165, 1.54) is 0 Å². The lowest BCUT2D eigenvalue weighted by molar-refractivity contribution is -0.187. The molecule has 0 N–H and O–H groups in total. The molecule has 1 unspecified atom stereocenters. The predicted molar refractivity (Wildman–Crippen MR) is 70.2 cm³/mol. The van der Waals surface area contributed by atoms with Crippen LogP contribution in [0.4, 0.5) is 0 Å². The molecule has 2 saturated heterocycles. The molecule has 3 aliphatic rings. The maximum atomic E-state index is 12.4. The molecule has 6 heteroatoms. The fourth-order valence-corrected chi connectivity index (χ4v) is 3.25. The average Bonchev–Trinajstić information content (AvgIpc) is 2.96. The number of carbonyl (C=O) groups is 1. The Morgan fingerprint density at radius 1 is 1.10 bits per heavy atom. The van der Waals surface area contributed by atoms with Crippen molar-refractivity contribution in [3.8, 4) is 0 Å². The summed E-state index contributed by atoms with van der Waals surface area (Å²) in [7, 11) is 1.86. The molecule has 2 heterocycles. The third kappa shape index (κ3) is 2.83. The Labute approximate surface area is 119 Å². The Balaban J connectivity index is 1.52. The second kappa shape index (κ2) is 5.97. The molecule has 3 rings (SSSR count). The number of hydrogen-bond acceptors (Lipinski definition) is 5. The maximum absolute atomic E-state index is 12.4. The monoisotopic (exact) mass is 285 g/mol. The number of carbonyl (C=O) groups excluding carboxylic acids is 1. The van der Waals surface area contributed by atoms with Crippen molar-refractivity contribution in [3.05, 3.63) is 0 Å². The van der Waals surface area contributed by atoms with Crippen LogP contribution in [-0.4, -0.2) is 68.8 Å². The first-order valence-corrected chi connectivity index (χ1v) is 7.44. The quantitative estimate of drug-likeness (QED) is 0.741. The van der Waals surface area contributed by atoms with Crippen LogP contribution in [0.3, 0.4) is 0 Å². The van der Waals surface area contributed by atoms with Gasteiger partial charge >= 0.3 is 0 Å². The molecule has 1 saturated carbocycles. The highest BCUT2D eigenvalue weighted by Crippen LogP contribution is 2.37. The normalized spacial score (nSPS) is 30.6. The first-order chi connectivity index (χ1) is 9.70. The van der Waals surface area contributed by atoms with Crippen LogP contribution in [0.25, 0.3) is 0 Å². The van der Waals surface area contributed by atoms with E-state index in [-0.39, 0.29) is 17.7 Å². The molecular weight excluding hydrogens is 262 g/mol. The highest BCUT2D eigenvalue weighted by Gasteiger charge is 2.42. The van der Waals surface area contributed by atoms with Gasteiger partial charge in [0, 0.05) is 25.9 Å². The van der Waals surface area contributed by atoms with E-state index in [1.807, 2.05) is 11.9 Å². The lowest BCUT2D eigenvalue weighted by Crippen LogP contribution is -2.50. The van der Waals surface area contributed by atoms with E-state index in [4.69, 9.17) is 18.9 Å². The summed E-state index contributed by atoms with van der Waals surface area (Å²) < 4.78 is 22.2. The van der Waals surface area contributed by atoms with Gasteiger partial charge < -0.3 is 23.8 Å². The minimum absolute atomic E-state index is 0.0268. The van der Waals surface area contributed by atoms with E-state index in [2.05, 4.69) is 0 Å². The van der Waals surface area contributed by atoms with Crippen molar-refractivity contribution in [1.82, 2.24) is 4.90 Å². The van der Waals surface area contributed by atoms with E-state index in [9.17, 15) is 4.79 Å². The van der Waals surface area contributed by atoms with Crippen LogP contribution in [0.1, 0.15) is 25.7 Å². The van der Waals surface area contributed by atoms with Crippen molar-refractivity contribution in [3.63, 3.8) is 0 Å². The second-order valence-corrected chi connectivity index (χ2v) is 5.72. The summed E-state index contributed by atoms with van der Waals surface area (Å²) in [6, 6.07) is 0.242. The Hall–Kier alpha value is -0.690. The van der Waals surface area contributed by atoms with Gasteiger partial charge in [0.05, 0.1) is 33.0 Å². The molecule has 0 radical (unpaired) electrons. The summed E-state index contributed by atoms with van der Waals surface area (Å²) in [4.78, 5) is 14.2. The third-order valence-corrected chi connectivity index (χ3v) is 4.52. The van der Waals surface area contributed by atoms with E-state index < -0.39 is 6.10 Å². The lowest BCUT2D eigenvalue weighted by Gasteiger charge is -2.40. The molecule has 0 aromatic carbocycles. The van der Waals surface area contributed by atoms with E-state index in [1.54, 1.807) is 0 Å². The second-order valence-electron chi connectivity index (χ2n) is 5.72. The van der Waals surface area contributed by atoms with Gasteiger partial charge in [0.15, 0.2) is 11.9 Å². The molecule has 3 fully saturated rings. The van der Waals surface area contributed by atoms with Gasteiger partial charge in [0.25, 0.3) is 5.91 Å². The van der Waals surface area contributed by atoms with Crippen LogP contribution in [0.2, 0.25) is 0 Å². The molecule has 2 aliphatic heterocycles. The molecule has 1 atom stereocenters. The van der Waals surface area contributed by atoms with Crippen molar-refractivity contribution >= 4 is 5.91 Å². The van der Waals surface area contributed by atoms with Gasteiger partial charge in [-0.3, -0.25) is 4.79 Å². The minimum Gasteiger partial charge on any atom is -0.376 e. The van der Waals surface area contributed by atoms with Gasteiger partial charge in [-0.25, -0.2) is 0 Å². The van der Waals surface area contributed by atoms with E-state index in [0.29, 0.717) is 33.0 Å². The fourth-order valence-electron chi connectivity index (χ4n) is 3.25. The first kappa shape index (κ1) is 14.3. The molecule has 0 aromatic rings. The number of hydrogen-bond donors (Lipinski definition) is 0. The average molecular weight is 285 g/mol. The largest absolute Gasteiger partial charge is 0.376 e. The topological polar surface area (TPSA) is 57.2 Å². The van der Waals surface area contributed by atoms with Gasteiger partial charge in [-0.2, -0.15) is 0 Å². The van der Waals surface area contributed by atoms with Gasteiger partial charge in [0.1, 0.15) is 0 Å². The standard InChI is InChI=1S/C14H23NO5/c1-15(13(16)12-10-17-6-7-18-12)11-2-4-14(5-3-11)19-8-9-20-14/h11-12H,2-10H2,1H3. The number of rotatable bonds is 2. The first-order valence-electron chi connectivity index (χ1n) is 7.44. The number of nitrogens with zero attached hydrogens (tertiary/aromatic N) is 1. The zero-order valence-electron chi connectivity index (χ0n) is 12.0. The van der Waals surface area contributed by atoms with Crippen molar-refractivity contribution in [2.75, 3.05) is 40.1 Å². The maximum Gasteiger partial charge on any atom is 0.254 e. The van der Waals surface area contributed by atoms with Crippen LogP contribution < -0.4 is 0 Å². The van der Waals surface area contributed by atoms with Gasteiger partial charge in [-0.15, -0.1) is 0 Å².